The van der Waals surface area contributed by atoms with Crippen LogP contribution in [0.1, 0.15) is 11.1 Å². The third-order valence-corrected chi connectivity index (χ3v) is 5.87. The maximum Gasteiger partial charge on any atom is 0.211 e. The summed E-state index contributed by atoms with van der Waals surface area (Å²) in [5.41, 5.74) is 9.88. The van der Waals surface area contributed by atoms with Gasteiger partial charge in [0.05, 0.1) is 6.26 Å². The molecule has 1 aliphatic rings. The molecule has 140 valence electrons. The second kappa shape index (κ2) is 7.55. The van der Waals surface area contributed by atoms with E-state index in [2.05, 4.69) is 4.90 Å². The van der Waals surface area contributed by atoms with E-state index in [1.165, 1.54) is 16.1 Å². The van der Waals surface area contributed by atoms with Crippen molar-refractivity contribution in [1.29, 1.82) is 0 Å². The number of hydrogen-bond donors (Lipinski definition) is 1. The molecule has 26 heavy (non-hydrogen) atoms. The van der Waals surface area contributed by atoms with E-state index in [4.69, 9.17) is 10.5 Å². The van der Waals surface area contributed by atoms with Crippen molar-refractivity contribution in [3.05, 3.63) is 53.6 Å². The second-order valence-electron chi connectivity index (χ2n) is 6.64. The molecule has 0 aromatic heterocycles. The number of anilines is 2. The summed E-state index contributed by atoms with van der Waals surface area (Å²) in [7, 11) is -3.14. The quantitative estimate of drug-likeness (QED) is 0.811. The normalized spacial score (nSPS) is 15.8. The van der Waals surface area contributed by atoms with Crippen molar-refractivity contribution < 1.29 is 13.2 Å². The third-order valence-electron chi connectivity index (χ3n) is 4.57. The fraction of sp³-hybridized carbons (Fsp3) is 0.368. The van der Waals surface area contributed by atoms with Crippen molar-refractivity contribution in [2.45, 2.75) is 13.5 Å². The van der Waals surface area contributed by atoms with Crippen molar-refractivity contribution in [3.8, 4) is 5.75 Å². The highest BCUT2D eigenvalue weighted by Gasteiger charge is 2.24. The van der Waals surface area contributed by atoms with E-state index < -0.39 is 10.0 Å². The summed E-state index contributed by atoms with van der Waals surface area (Å²) in [6.45, 7) is 4.72. The topological polar surface area (TPSA) is 75.9 Å². The van der Waals surface area contributed by atoms with Gasteiger partial charge >= 0.3 is 0 Å². The van der Waals surface area contributed by atoms with Gasteiger partial charge in [0.25, 0.3) is 0 Å². The molecule has 0 amide bonds. The van der Waals surface area contributed by atoms with E-state index in [1.807, 2.05) is 49.4 Å². The molecule has 7 heteroatoms. The van der Waals surface area contributed by atoms with Crippen LogP contribution in [0.3, 0.4) is 0 Å². The van der Waals surface area contributed by atoms with E-state index in [9.17, 15) is 8.42 Å². The number of nitrogens with zero attached hydrogens (tertiary/aromatic N) is 2. The summed E-state index contributed by atoms with van der Waals surface area (Å²) in [4.78, 5) is 2.19. The Balaban J connectivity index is 1.73. The minimum absolute atomic E-state index is 0.412. The summed E-state index contributed by atoms with van der Waals surface area (Å²) in [5.74, 6) is 0.811. The first kappa shape index (κ1) is 18.5. The van der Waals surface area contributed by atoms with Gasteiger partial charge in [0.2, 0.25) is 10.0 Å². The number of sulfonamides is 1. The largest absolute Gasteiger partial charge is 0.489 e. The fourth-order valence-corrected chi connectivity index (χ4v) is 3.91. The lowest BCUT2D eigenvalue weighted by Crippen LogP contribution is -2.48. The van der Waals surface area contributed by atoms with Crippen molar-refractivity contribution >= 4 is 21.4 Å². The first-order valence-corrected chi connectivity index (χ1v) is 10.5. The number of nitrogen functional groups attached to an aromatic ring is 1. The first-order valence-electron chi connectivity index (χ1n) is 8.61. The summed E-state index contributed by atoms with van der Waals surface area (Å²) >= 11 is 0. The maximum absolute atomic E-state index is 11.7. The average Bonchev–Trinajstić information content (AvgIpc) is 2.61. The molecule has 2 aromatic carbocycles. The molecule has 1 aliphatic heterocycles. The van der Waals surface area contributed by atoms with Gasteiger partial charge in [0.15, 0.2) is 0 Å². The molecule has 1 heterocycles. The lowest BCUT2D eigenvalue weighted by molar-refractivity contribution is 0.305. The van der Waals surface area contributed by atoms with Gasteiger partial charge in [0, 0.05) is 43.1 Å². The number of aryl methyl sites for hydroxylation is 1. The minimum Gasteiger partial charge on any atom is -0.489 e. The highest BCUT2D eigenvalue weighted by Crippen LogP contribution is 2.26. The molecule has 0 saturated carbocycles. The predicted molar refractivity (Wildman–Crippen MR) is 105 cm³/mol. The number of nitrogens with two attached hydrogens (primary N) is 1. The molecule has 2 N–H and O–H groups in total. The van der Waals surface area contributed by atoms with Gasteiger partial charge in [-0.05, 0) is 37.3 Å². The number of piperazine rings is 1. The van der Waals surface area contributed by atoms with Crippen LogP contribution in [0.5, 0.6) is 5.75 Å². The zero-order chi connectivity index (χ0) is 18.7. The van der Waals surface area contributed by atoms with Crippen molar-refractivity contribution in [1.82, 2.24) is 4.31 Å². The molecule has 2 aromatic rings. The van der Waals surface area contributed by atoms with Gasteiger partial charge in [-0.25, -0.2) is 8.42 Å². The number of ether oxygens (including phenoxy) is 1. The summed E-state index contributed by atoms with van der Waals surface area (Å²) in [6.07, 6.45) is 1.26. The van der Waals surface area contributed by atoms with Gasteiger partial charge in [-0.2, -0.15) is 4.31 Å². The number of hydrogen-bond acceptors (Lipinski definition) is 5. The van der Waals surface area contributed by atoms with Crippen molar-refractivity contribution in [3.63, 3.8) is 0 Å². The van der Waals surface area contributed by atoms with E-state index >= 15 is 0 Å². The third kappa shape index (κ3) is 4.47. The highest BCUT2D eigenvalue weighted by molar-refractivity contribution is 7.88. The predicted octanol–water partition coefficient (Wildman–Crippen LogP) is 2.24. The van der Waals surface area contributed by atoms with Crippen LogP contribution in [0.4, 0.5) is 11.4 Å². The number of benzene rings is 2. The van der Waals surface area contributed by atoms with Gasteiger partial charge in [0.1, 0.15) is 12.4 Å². The van der Waals surface area contributed by atoms with Gasteiger partial charge in [-0.15, -0.1) is 0 Å². The standard InChI is InChI=1S/C19H25N3O3S/c1-15-3-6-18(7-4-15)25-14-16-13-17(20)5-8-19(16)21-9-11-22(12-10-21)26(2,23)24/h3-8,13H,9-12,14,20H2,1-2H3. The zero-order valence-electron chi connectivity index (χ0n) is 15.2. The molecule has 0 aliphatic carbocycles. The van der Waals surface area contributed by atoms with Gasteiger partial charge in [-0.1, -0.05) is 17.7 Å². The molecule has 0 unspecified atom stereocenters. The molecular formula is C19H25N3O3S. The Kier molecular flexibility index (Phi) is 5.38. The molecule has 3 rings (SSSR count). The summed E-state index contributed by atoms with van der Waals surface area (Å²) in [5, 5.41) is 0. The zero-order valence-corrected chi connectivity index (χ0v) is 16.0. The molecule has 6 nitrogen and oxygen atoms in total. The van der Waals surface area contributed by atoms with Crippen molar-refractivity contribution in [2.75, 3.05) is 43.1 Å². The second-order valence-corrected chi connectivity index (χ2v) is 8.62. The van der Waals surface area contributed by atoms with E-state index in [-0.39, 0.29) is 0 Å². The monoisotopic (exact) mass is 375 g/mol. The fourth-order valence-electron chi connectivity index (χ4n) is 3.09. The molecular weight excluding hydrogens is 350 g/mol. The lowest BCUT2D eigenvalue weighted by atomic mass is 10.1. The first-order chi connectivity index (χ1) is 12.3. The Morgan fingerprint density at radius 1 is 1.04 bits per heavy atom. The maximum atomic E-state index is 11.7. The van der Waals surface area contributed by atoms with Crippen molar-refractivity contribution in [2.24, 2.45) is 0 Å². The van der Waals surface area contributed by atoms with E-state index in [0.29, 0.717) is 38.5 Å². The Bertz CT molecular complexity index is 858. The van der Waals surface area contributed by atoms with Crippen LogP contribution in [-0.2, 0) is 16.6 Å². The minimum atomic E-state index is -3.14. The average molecular weight is 375 g/mol. The Labute approximate surface area is 155 Å². The van der Waals surface area contributed by atoms with Gasteiger partial charge < -0.3 is 15.4 Å². The van der Waals surface area contributed by atoms with Crippen LogP contribution in [0.15, 0.2) is 42.5 Å². The van der Waals surface area contributed by atoms with Crippen LogP contribution in [-0.4, -0.2) is 45.2 Å². The Hall–Kier alpha value is -2.25. The molecule has 1 fully saturated rings. The number of rotatable bonds is 5. The Morgan fingerprint density at radius 3 is 2.31 bits per heavy atom. The van der Waals surface area contributed by atoms with Crippen LogP contribution < -0.4 is 15.4 Å². The highest BCUT2D eigenvalue weighted by atomic mass is 32.2. The summed E-state index contributed by atoms with van der Waals surface area (Å²) < 4.78 is 30.8. The molecule has 0 atom stereocenters. The lowest BCUT2D eigenvalue weighted by Gasteiger charge is -2.35. The van der Waals surface area contributed by atoms with E-state index in [1.54, 1.807) is 0 Å². The molecule has 0 bridgehead atoms. The smallest absolute Gasteiger partial charge is 0.211 e. The molecule has 0 radical (unpaired) electrons. The van der Waals surface area contributed by atoms with Crippen LogP contribution in [0, 0.1) is 6.92 Å². The summed E-state index contributed by atoms with van der Waals surface area (Å²) in [6, 6.07) is 13.7. The van der Waals surface area contributed by atoms with Crippen LogP contribution in [0.25, 0.3) is 0 Å². The van der Waals surface area contributed by atoms with E-state index in [0.717, 1.165) is 17.0 Å². The molecule has 0 spiro atoms. The van der Waals surface area contributed by atoms with Gasteiger partial charge in [-0.3, -0.25) is 0 Å². The molecule has 1 saturated heterocycles. The van der Waals surface area contributed by atoms with Crippen LogP contribution in [0.2, 0.25) is 0 Å². The SMILES string of the molecule is Cc1ccc(OCc2cc(N)ccc2N2CCN(S(C)(=O)=O)CC2)cc1. The van der Waals surface area contributed by atoms with Crippen LogP contribution >= 0.6 is 0 Å². The Morgan fingerprint density at radius 2 is 1.69 bits per heavy atom.